The first-order valence-electron chi connectivity index (χ1n) is 8.59. The van der Waals surface area contributed by atoms with E-state index in [1.165, 1.54) is 11.3 Å². The number of thiazole rings is 1. The summed E-state index contributed by atoms with van der Waals surface area (Å²) < 4.78 is 0. The summed E-state index contributed by atoms with van der Waals surface area (Å²) in [6, 6.07) is 8.72. The number of benzene rings is 1. The van der Waals surface area contributed by atoms with Crippen LogP contribution in [0.15, 0.2) is 46.8 Å². The Hall–Kier alpha value is -1.61. The summed E-state index contributed by atoms with van der Waals surface area (Å²) in [5.41, 5.74) is 3.65. The molecule has 1 aromatic heterocycles. The van der Waals surface area contributed by atoms with Gasteiger partial charge in [0, 0.05) is 50.7 Å². The van der Waals surface area contributed by atoms with E-state index in [1.807, 2.05) is 6.92 Å². The zero-order valence-electron chi connectivity index (χ0n) is 15.2. The van der Waals surface area contributed by atoms with Crippen molar-refractivity contribution in [2.24, 2.45) is 4.99 Å². The molecular formula is C19H26IN5S. The average Bonchev–Trinajstić information content (AvgIpc) is 3.30. The molecule has 2 aromatic rings. The third-order valence-corrected chi connectivity index (χ3v) is 4.97. The lowest BCUT2D eigenvalue weighted by Gasteiger charge is -2.18. The third kappa shape index (κ3) is 5.98. The van der Waals surface area contributed by atoms with Gasteiger partial charge in [-0.25, -0.2) is 4.98 Å². The van der Waals surface area contributed by atoms with Crippen molar-refractivity contribution in [2.75, 3.05) is 31.6 Å². The molecule has 5 nitrogen and oxygen atoms in total. The van der Waals surface area contributed by atoms with Crippen LogP contribution < -0.4 is 15.5 Å². The fraction of sp³-hybridized carbons (Fsp3) is 0.368. The normalized spacial score (nSPS) is 13.6. The fourth-order valence-electron chi connectivity index (χ4n) is 2.75. The molecule has 0 radical (unpaired) electrons. The highest BCUT2D eigenvalue weighted by atomic mass is 127. The second-order valence-electron chi connectivity index (χ2n) is 6.00. The van der Waals surface area contributed by atoms with E-state index >= 15 is 0 Å². The van der Waals surface area contributed by atoms with Gasteiger partial charge in [0.2, 0.25) is 0 Å². The van der Waals surface area contributed by atoms with Crippen LogP contribution in [0.1, 0.15) is 16.3 Å². The summed E-state index contributed by atoms with van der Waals surface area (Å²) in [7, 11) is 1.80. The number of rotatable bonds is 6. The van der Waals surface area contributed by atoms with Crippen LogP contribution in [0.5, 0.6) is 0 Å². The van der Waals surface area contributed by atoms with Gasteiger partial charge in [-0.05, 0) is 24.6 Å². The minimum absolute atomic E-state index is 0. The molecule has 3 rings (SSSR count). The minimum Gasteiger partial charge on any atom is -0.364 e. The van der Waals surface area contributed by atoms with Crippen LogP contribution in [0.4, 0.5) is 5.69 Å². The van der Waals surface area contributed by atoms with E-state index in [0.29, 0.717) is 0 Å². The smallest absolute Gasteiger partial charge is 0.191 e. The Morgan fingerprint density at radius 2 is 1.92 bits per heavy atom. The summed E-state index contributed by atoms with van der Waals surface area (Å²) in [4.78, 5) is 11.1. The number of nitrogens with zero attached hydrogens (tertiary/aromatic N) is 3. The molecule has 26 heavy (non-hydrogen) atoms. The SMILES string of the molecule is CN=C(NCCc1csc(C)n1)NCc1ccc(N2CC=CC2)cc1.I. The Bertz CT molecular complexity index is 731. The summed E-state index contributed by atoms with van der Waals surface area (Å²) in [5, 5.41) is 9.93. The standard InChI is InChI=1S/C19H25N5S.HI/c1-15-23-17(14-25-15)9-10-21-19(20-2)22-13-16-5-7-18(8-6-16)24-11-3-4-12-24;/h3-8,14H,9-13H2,1-2H3,(H2,20,21,22);1H. The third-order valence-electron chi connectivity index (χ3n) is 4.14. The monoisotopic (exact) mass is 483 g/mol. The Morgan fingerprint density at radius 1 is 1.19 bits per heavy atom. The molecule has 0 unspecified atom stereocenters. The zero-order chi connectivity index (χ0) is 17.5. The zero-order valence-corrected chi connectivity index (χ0v) is 18.4. The van der Waals surface area contributed by atoms with Gasteiger partial charge in [0.1, 0.15) is 0 Å². The van der Waals surface area contributed by atoms with Gasteiger partial charge < -0.3 is 15.5 Å². The molecular weight excluding hydrogens is 457 g/mol. The summed E-state index contributed by atoms with van der Waals surface area (Å²) in [5.74, 6) is 0.819. The van der Waals surface area contributed by atoms with Gasteiger partial charge >= 0.3 is 0 Å². The van der Waals surface area contributed by atoms with Gasteiger partial charge in [-0.15, -0.1) is 35.3 Å². The van der Waals surface area contributed by atoms with Crippen LogP contribution >= 0.6 is 35.3 Å². The van der Waals surface area contributed by atoms with E-state index < -0.39 is 0 Å². The van der Waals surface area contributed by atoms with Gasteiger partial charge in [-0.3, -0.25) is 4.99 Å². The van der Waals surface area contributed by atoms with Crippen molar-refractivity contribution in [1.82, 2.24) is 15.6 Å². The summed E-state index contributed by atoms with van der Waals surface area (Å²) in [6.45, 7) is 5.63. The highest BCUT2D eigenvalue weighted by Gasteiger charge is 2.07. The number of nitrogens with one attached hydrogen (secondary N) is 2. The molecule has 0 saturated carbocycles. The number of aryl methyl sites for hydroxylation is 1. The molecule has 1 aliphatic heterocycles. The van der Waals surface area contributed by atoms with Crippen LogP contribution in [0.25, 0.3) is 0 Å². The van der Waals surface area contributed by atoms with Crippen LogP contribution in [0, 0.1) is 6.92 Å². The summed E-state index contributed by atoms with van der Waals surface area (Å²) in [6.07, 6.45) is 5.32. The van der Waals surface area contributed by atoms with Crippen LogP contribution in [-0.2, 0) is 13.0 Å². The Labute approximate surface area is 176 Å². The number of anilines is 1. The van der Waals surface area contributed by atoms with Crippen LogP contribution in [0.3, 0.4) is 0 Å². The van der Waals surface area contributed by atoms with Gasteiger partial charge in [0.25, 0.3) is 0 Å². The van der Waals surface area contributed by atoms with E-state index in [1.54, 1.807) is 18.4 Å². The molecule has 0 saturated heterocycles. The predicted octanol–water partition coefficient (Wildman–Crippen LogP) is 3.35. The van der Waals surface area contributed by atoms with Crippen LogP contribution in [-0.4, -0.2) is 37.6 Å². The van der Waals surface area contributed by atoms with Gasteiger partial charge in [0.15, 0.2) is 5.96 Å². The van der Waals surface area contributed by atoms with Gasteiger partial charge in [-0.2, -0.15) is 0 Å². The largest absolute Gasteiger partial charge is 0.364 e. The Kier molecular flexibility index (Phi) is 8.37. The fourth-order valence-corrected chi connectivity index (χ4v) is 3.40. The Balaban J connectivity index is 0.00000243. The van der Waals surface area contributed by atoms with Crippen molar-refractivity contribution in [3.63, 3.8) is 0 Å². The number of aromatic nitrogens is 1. The van der Waals surface area contributed by atoms with E-state index in [2.05, 4.69) is 67.3 Å². The van der Waals surface area contributed by atoms with E-state index in [0.717, 1.165) is 49.3 Å². The molecule has 140 valence electrons. The van der Waals surface area contributed by atoms with Gasteiger partial charge in [-0.1, -0.05) is 24.3 Å². The van der Waals surface area contributed by atoms with Crippen molar-refractivity contribution in [1.29, 1.82) is 0 Å². The molecule has 0 bridgehead atoms. The molecule has 0 fully saturated rings. The molecule has 0 spiro atoms. The number of hydrogen-bond donors (Lipinski definition) is 2. The van der Waals surface area contributed by atoms with Crippen molar-refractivity contribution >= 4 is 47.0 Å². The molecule has 2 heterocycles. The lowest BCUT2D eigenvalue weighted by atomic mass is 10.2. The molecule has 7 heteroatoms. The van der Waals surface area contributed by atoms with E-state index in [-0.39, 0.29) is 24.0 Å². The topological polar surface area (TPSA) is 52.6 Å². The second-order valence-corrected chi connectivity index (χ2v) is 7.07. The highest BCUT2D eigenvalue weighted by molar-refractivity contribution is 14.0. The maximum Gasteiger partial charge on any atom is 0.191 e. The summed E-state index contributed by atoms with van der Waals surface area (Å²) >= 11 is 1.69. The van der Waals surface area contributed by atoms with Crippen molar-refractivity contribution in [2.45, 2.75) is 19.9 Å². The molecule has 0 amide bonds. The number of halogens is 1. The maximum absolute atomic E-state index is 4.48. The first-order valence-corrected chi connectivity index (χ1v) is 9.47. The van der Waals surface area contributed by atoms with Gasteiger partial charge in [0.05, 0.1) is 10.7 Å². The molecule has 1 aromatic carbocycles. The first-order chi connectivity index (χ1) is 12.2. The van der Waals surface area contributed by atoms with Crippen molar-refractivity contribution < 1.29 is 0 Å². The molecule has 0 atom stereocenters. The van der Waals surface area contributed by atoms with Crippen molar-refractivity contribution in [3.05, 3.63) is 58.1 Å². The first kappa shape index (κ1) is 20.7. The maximum atomic E-state index is 4.48. The quantitative estimate of drug-likeness (QED) is 0.287. The van der Waals surface area contributed by atoms with E-state index in [4.69, 9.17) is 0 Å². The minimum atomic E-state index is 0. The van der Waals surface area contributed by atoms with Crippen molar-refractivity contribution in [3.8, 4) is 0 Å². The molecule has 0 aliphatic carbocycles. The molecule has 2 N–H and O–H groups in total. The number of aliphatic imine (C=N–C) groups is 1. The molecule has 1 aliphatic rings. The lowest BCUT2D eigenvalue weighted by Crippen LogP contribution is -2.37. The predicted molar refractivity (Wildman–Crippen MR) is 122 cm³/mol. The number of hydrogen-bond acceptors (Lipinski definition) is 4. The van der Waals surface area contributed by atoms with Crippen LogP contribution in [0.2, 0.25) is 0 Å². The number of guanidine groups is 1. The average molecular weight is 483 g/mol. The lowest BCUT2D eigenvalue weighted by molar-refractivity contribution is 0.786. The second kappa shape index (κ2) is 10.5. The van der Waals surface area contributed by atoms with E-state index in [9.17, 15) is 0 Å². The Morgan fingerprint density at radius 3 is 2.54 bits per heavy atom. The highest BCUT2D eigenvalue weighted by Crippen LogP contribution is 2.17.